The normalized spacial score (nSPS) is 34.9. The van der Waals surface area contributed by atoms with Gasteiger partial charge in [-0.15, -0.1) is 0 Å². The quantitative estimate of drug-likeness (QED) is 0.461. The summed E-state index contributed by atoms with van der Waals surface area (Å²) in [5, 5.41) is 7.82. The van der Waals surface area contributed by atoms with Crippen LogP contribution in [0.2, 0.25) is 0 Å². The molecule has 2 heterocycles. The van der Waals surface area contributed by atoms with Crippen molar-refractivity contribution in [3.8, 4) is 0 Å². The van der Waals surface area contributed by atoms with Gasteiger partial charge in [0.2, 0.25) is 5.91 Å². The Morgan fingerprint density at radius 3 is 2.62 bits per heavy atom. The largest absolute Gasteiger partial charge is 0.417 e. The van der Waals surface area contributed by atoms with Gasteiger partial charge in [0.25, 0.3) is 0 Å². The fourth-order valence-corrected chi connectivity index (χ4v) is 4.85. The Kier molecular flexibility index (Phi) is 7.10. The van der Waals surface area contributed by atoms with Crippen LogP contribution in [0, 0.1) is 11.3 Å². The third kappa shape index (κ3) is 5.81. The van der Waals surface area contributed by atoms with Crippen LogP contribution in [0.4, 0.5) is 13.2 Å². The molecule has 1 saturated carbocycles. The highest BCUT2D eigenvalue weighted by molar-refractivity contribution is 5.82. The van der Waals surface area contributed by atoms with E-state index in [0.29, 0.717) is 12.3 Å². The lowest BCUT2D eigenvalue weighted by molar-refractivity contribution is -0.170. The SMILES string of the molecule is CN1CNNC1CC(C)(C)C1CCCC(NC(=O)C2CCNC(C(F)(F)F)N2)C1. The highest BCUT2D eigenvalue weighted by atomic mass is 19.4. The van der Waals surface area contributed by atoms with Crippen molar-refractivity contribution >= 4 is 5.91 Å². The van der Waals surface area contributed by atoms with Crippen LogP contribution in [0.1, 0.15) is 52.4 Å². The minimum absolute atomic E-state index is 0.0222. The topological polar surface area (TPSA) is 80.5 Å². The van der Waals surface area contributed by atoms with Crippen LogP contribution in [0.5, 0.6) is 0 Å². The number of nitrogens with one attached hydrogen (secondary N) is 5. The van der Waals surface area contributed by atoms with E-state index >= 15 is 0 Å². The molecule has 3 rings (SSSR count). The van der Waals surface area contributed by atoms with Crippen molar-refractivity contribution in [2.45, 2.75) is 83.0 Å². The van der Waals surface area contributed by atoms with Gasteiger partial charge in [-0.2, -0.15) is 13.2 Å². The molecule has 7 nitrogen and oxygen atoms in total. The zero-order chi connectivity index (χ0) is 21.2. The molecule has 2 aliphatic heterocycles. The van der Waals surface area contributed by atoms with Crippen LogP contribution in [0.3, 0.4) is 0 Å². The van der Waals surface area contributed by atoms with E-state index in [1.807, 2.05) is 0 Å². The smallest absolute Gasteiger partial charge is 0.352 e. The number of hydrogen-bond donors (Lipinski definition) is 5. The van der Waals surface area contributed by atoms with E-state index in [1.54, 1.807) is 0 Å². The number of hydrogen-bond acceptors (Lipinski definition) is 6. The Hall–Kier alpha value is -0.940. The Morgan fingerprint density at radius 1 is 1.21 bits per heavy atom. The predicted octanol–water partition coefficient (Wildman–Crippen LogP) is 1.24. The highest BCUT2D eigenvalue weighted by Crippen LogP contribution is 2.41. The summed E-state index contributed by atoms with van der Waals surface area (Å²) in [5.74, 6) is 0.145. The molecule has 0 radical (unpaired) electrons. The first kappa shape index (κ1) is 22.7. The van der Waals surface area contributed by atoms with E-state index in [0.717, 1.165) is 38.8 Å². The third-order valence-electron chi connectivity index (χ3n) is 6.77. The monoisotopic (exact) mass is 420 g/mol. The molecule has 3 fully saturated rings. The summed E-state index contributed by atoms with van der Waals surface area (Å²) in [6.45, 7) is 5.54. The number of nitrogens with zero attached hydrogens (tertiary/aromatic N) is 1. The van der Waals surface area contributed by atoms with E-state index in [4.69, 9.17) is 0 Å². The van der Waals surface area contributed by atoms with E-state index in [2.05, 4.69) is 52.6 Å². The van der Waals surface area contributed by atoms with Crippen molar-refractivity contribution in [1.82, 2.24) is 31.7 Å². The van der Waals surface area contributed by atoms with Gasteiger partial charge in [0.15, 0.2) is 6.17 Å². The van der Waals surface area contributed by atoms with Gasteiger partial charge in [0, 0.05) is 6.04 Å². The summed E-state index contributed by atoms with van der Waals surface area (Å²) in [4.78, 5) is 14.9. The summed E-state index contributed by atoms with van der Waals surface area (Å²) in [5.41, 5.74) is 6.56. The van der Waals surface area contributed by atoms with Gasteiger partial charge >= 0.3 is 6.18 Å². The number of alkyl halides is 3. The average Bonchev–Trinajstić information content (AvgIpc) is 3.05. The molecule has 5 N–H and O–H groups in total. The van der Waals surface area contributed by atoms with Gasteiger partial charge in [0.1, 0.15) is 0 Å². The molecule has 1 amide bonds. The summed E-state index contributed by atoms with van der Waals surface area (Å²) in [6, 6.07) is -0.785. The lowest BCUT2D eigenvalue weighted by Crippen LogP contribution is -2.64. The van der Waals surface area contributed by atoms with E-state index in [-0.39, 0.29) is 30.1 Å². The fraction of sp³-hybridized carbons (Fsp3) is 0.947. The predicted molar refractivity (Wildman–Crippen MR) is 104 cm³/mol. The Morgan fingerprint density at radius 2 is 1.97 bits per heavy atom. The zero-order valence-corrected chi connectivity index (χ0v) is 17.5. The van der Waals surface area contributed by atoms with E-state index < -0.39 is 18.4 Å². The maximum Gasteiger partial charge on any atom is 0.417 e. The fourth-order valence-electron chi connectivity index (χ4n) is 4.85. The Labute approximate surface area is 170 Å². The standard InChI is InChI=1S/C19H35F3N6O/c1-18(2,10-15-27-24-11-28(15)3)12-5-4-6-13(9-12)25-16(29)14-7-8-23-17(26-14)19(20,21)22/h12-15,17,23-24,26-27H,4-11H2,1-3H3,(H,25,29). The van der Waals surface area contributed by atoms with Crippen LogP contribution in [0.15, 0.2) is 0 Å². The Balaban J connectivity index is 1.53. The summed E-state index contributed by atoms with van der Waals surface area (Å²) in [6.07, 6.45) is -0.716. The van der Waals surface area contributed by atoms with Crippen molar-refractivity contribution in [2.24, 2.45) is 11.3 Å². The Bertz CT molecular complexity index is 573. The van der Waals surface area contributed by atoms with Crippen molar-refractivity contribution in [3.63, 3.8) is 0 Å². The van der Waals surface area contributed by atoms with Gasteiger partial charge < -0.3 is 5.32 Å². The van der Waals surface area contributed by atoms with Gasteiger partial charge in [-0.05, 0) is 57.0 Å². The number of halogens is 3. The summed E-state index contributed by atoms with van der Waals surface area (Å²) < 4.78 is 38.8. The van der Waals surface area contributed by atoms with Gasteiger partial charge in [-0.25, -0.2) is 10.9 Å². The molecule has 29 heavy (non-hydrogen) atoms. The molecule has 5 atom stereocenters. The first-order chi connectivity index (χ1) is 13.6. The second-order valence-electron chi connectivity index (χ2n) is 9.45. The number of carbonyl (C=O) groups is 1. The van der Waals surface area contributed by atoms with Gasteiger partial charge in [-0.3, -0.25) is 20.3 Å². The maximum atomic E-state index is 12.9. The molecule has 10 heteroatoms. The molecule has 5 unspecified atom stereocenters. The second kappa shape index (κ2) is 9.05. The lowest BCUT2D eigenvalue weighted by Gasteiger charge is -2.42. The zero-order valence-electron chi connectivity index (χ0n) is 17.5. The van der Waals surface area contributed by atoms with Crippen molar-refractivity contribution < 1.29 is 18.0 Å². The first-order valence-corrected chi connectivity index (χ1v) is 10.6. The first-order valence-electron chi connectivity index (χ1n) is 10.6. The van der Waals surface area contributed by atoms with Crippen molar-refractivity contribution in [1.29, 1.82) is 0 Å². The number of hydrazine groups is 1. The molecule has 0 aromatic carbocycles. The molecular formula is C19H35F3N6O. The van der Waals surface area contributed by atoms with Crippen LogP contribution in [0.25, 0.3) is 0 Å². The molecule has 3 aliphatic rings. The minimum atomic E-state index is -4.41. The van der Waals surface area contributed by atoms with E-state index in [9.17, 15) is 18.0 Å². The molecule has 0 bridgehead atoms. The molecule has 168 valence electrons. The molecule has 0 aromatic heterocycles. The molecule has 2 saturated heterocycles. The van der Waals surface area contributed by atoms with E-state index in [1.165, 1.54) is 0 Å². The summed E-state index contributed by atoms with van der Waals surface area (Å²) >= 11 is 0. The minimum Gasteiger partial charge on any atom is -0.352 e. The highest BCUT2D eigenvalue weighted by Gasteiger charge is 2.44. The number of rotatable bonds is 5. The summed E-state index contributed by atoms with van der Waals surface area (Å²) in [7, 11) is 2.08. The molecule has 0 spiro atoms. The average molecular weight is 421 g/mol. The molecule has 1 aliphatic carbocycles. The molecular weight excluding hydrogens is 385 g/mol. The lowest BCUT2D eigenvalue weighted by atomic mass is 9.67. The maximum absolute atomic E-state index is 12.9. The van der Waals surface area contributed by atoms with Crippen molar-refractivity contribution in [2.75, 3.05) is 20.3 Å². The third-order valence-corrected chi connectivity index (χ3v) is 6.77. The van der Waals surface area contributed by atoms with Crippen LogP contribution < -0.4 is 26.8 Å². The van der Waals surface area contributed by atoms with Gasteiger partial charge in [-0.1, -0.05) is 20.3 Å². The molecule has 0 aromatic rings. The number of amides is 1. The second-order valence-corrected chi connectivity index (χ2v) is 9.45. The van der Waals surface area contributed by atoms with Crippen LogP contribution in [-0.2, 0) is 4.79 Å². The van der Waals surface area contributed by atoms with Crippen LogP contribution >= 0.6 is 0 Å². The van der Waals surface area contributed by atoms with Crippen LogP contribution in [-0.4, -0.2) is 61.7 Å². The van der Waals surface area contributed by atoms with Crippen molar-refractivity contribution in [3.05, 3.63) is 0 Å². The van der Waals surface area contributed by atoms with Gasteiger partial charge in [0.05, 0.1) is 18.9 Å². The number of carbonyl (C=O) groups excluding carboxylic acids is 1.